The first kappa shape index (κ1) is 13.3. The molecule has 1 heterocycles. The van der Waals surface area contributed by atoms with Crippen LogP contribution in [0, 0.1) is 5.82 Å². The van der Waals surface area contributed by atoms with Gasteiger partial charge in [-0.3, -0.25) is 0 Å². The number of aromatic nitrogens is 2. The summed E-state index contributed by atoms with van der Waals surface area (Å²) in [6, 6.07) is 5.78. The molecule has 2 rings (SSSR count). The molecule has 0 radical (unpaired) electrons. The number of aryl methyl sites for hydroxylation is 1. The van der Waals surface area contributed by atoms with Crippen molar-refractivity contribution < 1.29 is 14.3 Å². The second-order valence-corrected chi connectivity index (χ2v) is 4.33. The zero-order chi connectivity index (χ0) is 13.8. The molecule has 0 atom stereocenters. The van der Waals surface area contributed by atoms with Gasteiger partial charge in [-0.15, -0.1) is 0 Å². The number of hydrogen-bond acceptors (Lipinski definition) is 2. The highest BCUT2D eigenvalue weighted by Crippen LogP contribution is 2.23. The van der Waals surface area contributed by atoms with Gasteiger partial charge in [0.25, 0.3) is 0 Å². The SMILES string of the molecule is CCCCc1nc(-c2cccc(F)c2)c(C(=O)O)[nH]1. The first-order chi connectivity index (χ1) is 9.11. The van der Waals surface area contributed by atoms with E-state index in [-0.39, 0.29) is 11.4 Å². The first-order valence-electron chi connectivity index (χ1n) is 6.20. The number of carboxylic acid groups (broad SMARTS) is 1. The molecule has 2 N–H and O–H groups in total. The van der Waals surface area contributed by atoms with Crippen molar-refractivity contribution in [2.24, 2.45) is 0 Å². The molecule has 0 unspecified atom stereocenters. The van der Waals surface area contributed by atoms with Gasteiger partial charge in [-0.2, -0.15) is 0 Å². The lowest BCUT2D eigenvalue weighted by atomic mass is 10.1. The smallest absolute Gasteiger partial charge is 0.354 e. The summed E-state index contributed by atoms with van der Waals surface area (Å²) in [5.74, 6) is -0.875. The van der Waals surface area contributed by atoms with E-state index in [9.17, 15) is 14.3 Å². The van der Waals surface area contributed by atoms with Gasteiger partial charge in [0.05, 0.1) is 0 Å². The van der Waals surface area contributed by atoms with Crippen LogP contribution < -0.4 is 0 Å². The minimum atomic E-state index is -1.09. The maximum Gasteiger partial charge on any atom is 0.354 e. The van der Waals surface area contributed by atoms with E-state index in [0.717, 1.165) is 12.8 Å². The van der Waals surface area contributed by atoms with Gasteiger partial charge in [0, 0.05) is 12.0 Å². The predicted molar refractivity (Wildman–Crippen MR) is 69.6 cm³/mol. The van der Waals surface area contributed by atoms with Gasteiger partial charge in [-0.05, 0) is 18.6 Å². The van der Waals surface area contributed by atoms with Gasteiger partial charge in [-0.25, -0.2) is 14.2 Å². The van der Waals surface area contributed by atoms with Crippen LogP contribution in [-0.4, -0.2) is 21.0 Å². The molecule has 5 heteroatoms. The molecule has 2 aromatic rings. The van der Waals surface area contributed by atoms with Crippen molar-refractivity contribution in [2.45, 2.75) is 26.2 Å². The number of aromatic carboxylic acids is 1. The van der Waals surface area contributed by atoms with E-state index in [2.05, 4.69) is 16.9 Å². The van der Waals surface area contributed by atoms with Gasteiger partial charge in [0.1, 0.15) is 17.3 Å². The molecule has 0 aliphatic rings. The zero-order valence-corrected chi connectivity index (χ0v) is 10.6. The molecule has 0 spiro atoms. The molecular weight excluding hydrogens is 247 g/mol. The number of benzene rings is 1. The fraction of sp³-hybridized carbons (Fsp3) is 0.286. The second kappa shape index (κ2) is 5.65. The number of carbonyl (C=O) groups is 1. The Hall–Kier alpha value is -2.17. The van der Waals surface area contributed by atoms with E-state index in [4.69, 9.17) is 0 Å². The third-order valence-electron chi connectivity index (χ3n) is 2.83. The van der Waals surface area contributed by atoms with Crippen molar-refractivity contribution >= 4 is 5.97 Å². The Bertz CT molecular complexity index is 593. The summed E-state index contributed by atoms with van der Waals surface area (Å²) < 4.78 is 13.2. The van der Waals surface area contributed by atoms with Crippen LogP contribution in [-0.2, 0) is 6.42 Å². The molecule has 0 bridgehead atoms. The highest BCUT2D eigenvalue weighted by atomic mass is 19.1. The number of nitrogens with one attached hydrogen (secondary N) is 1. The summed E-state index contributed by atoms with van der Waals surface area (Å²) in [7, 11) is 0. The molecule has 0 amide bonds. The van der Waals surface area contributed by atoms with Crippen molar-refractivity contribution in [3.8, 4) is 11.3 Å². The van der Waals surface area contributed by atoms with Crippen LogP contribution in [0.25, 0.3) is 11.3 Å². The number of rotatable bonds is 5. The van der Waals surface area contributed by atoms with Crippen molar-refractivity contribution in [1.29, 1.82) is 0 Å². The maximum absolute atomic E-state index is 13.2. The normalized spacial score (nSPS) is 10.6. The Labute approximate surface area is 110 Å². The fourth-order valence-electron chi connectivity index (χ4n) is 1.88. The zero-order valence-electron chi connectivity index (χ0n) is 10.6. The van der Waals surface area contributed by atoms with Gasteiger partial charge in [-0.1, -0.05) is 25.5 Å². The molecule has 100 valence electrons. The minimum absolute atomic E-state index is 0.0108. The first-order valence-corrected chi connectivity index (χ1v) is 6.20. The summed E-state index contributed by atoms with van der Waals surface area (Å²) >= 11 is 0. The number of nitrogens with zero attached hydrogens (tertiary/aromatic N) is 1. The van der Waals surface area contributed by atoms with Crippen molar-refractivity contribution in [2.75, 3.05) is 0 Å². The lowest BCUT2D eigenvalue weighted by Crippen LogP contribution is -1.99. The van der Waals surface area contributed by atoms with Gasteiger partial charge >= 0.3 is 5.97 Å². The third-order valence-corrected chi connectivity index (χ3v) is 2.83. The molecule has 0 aliphatic heterocycles. The van der Waals surface area contributed by atoms with Gasteiger partial charge in [0.15, 0.2) is 5.69 Å². The Morgan fingerprint density at radius 2 is 2.26 bits per heavy atom. The molecule has 0 saturated carbocycles. The molecule has 0 fully saturated rings. The van der Waals surface area contributed by atoms with Crippen LogP contribution >= 0.6 is 0 Å². The van der Waals surface area contributed by atoms with E-state index < -0.39 is 11.8 Å². The number of halogens is 1. The lowest BCUT2D eigenvalue weighted by molar-refractivity contribution is 0.0692. The van der Waals surface area contributed by atoms with E-state index in [1.165, 1.54) is 18.2 Å². The quantitative estimate of drug-likeness (QED) is 0.869. The van der Waals surface area contributed by atoms with Crippen LogP contribution in [0.15, 0.2) is 24.3 Å². The Morgan fingerprint density at radius 1 is 1.47 bits per heavy atom. The topological polar surface area (TPSA) is 66.0 Å². The summed E-state index contributed by atoms with van der Waals surface area (Å²) in [6.07, 6.45) is 2.61. The maximum atomic E-state index is 13.2. The van der Waals surface area contributed by atoms with Crippen molar-refractivity contribution in [3.63, 3.8) is 0 Å². The van der Waals surface area contributed by atoms with E-state index in [1.54, 1.807) is 6.07 Å². The number of unbranched alkanes of at least 4 members (excludes halogenated alkanes) is 1. The number of H-pyrrole nitrogens is 1. The van der Waals surface area contributed by atoms with Crippen LogP contribution in [0.3, 0.4) is 0 Å². The Kier molecular flexibility index (Phi) is 3.94. The van der Waals surface area contributed by atoms with Crippen LogP contribution in [0.2, 0.25) is 0 Å². The lowest BCUT2D eigenvalue weighted by Gasteiger charge is -1.98. The molecule has 19 heavy (non-hydrogen) atoms. The molecule has 1 aromatic heterocycles. The van der Waals surface area contributed by atoms with Crippen LogP contribution in [0.5, 0.6) is 0 Å². The molecule has 4 nitrogen and oxygen atoms in total. The minimum Gasteiger partial charge on any atom is -0.477 e. The monoisotopic (exact) mass is 262 g/mol. The average Bonchev–Trinajstić information content (AvgIpc) is 2.80. The Balaban J connectivity index is 2.43. The fourth-order valence-corrected chi connectivity index (χ4v) is 1.88. The largest absolute Gasteiger partial charge is 0.477 e. The average molecular weight is 262 g/mol. The highest BCUT2D eigenvalue weighted by Gasteiger charge is 2.17. The van der Waals surface area contributed by atoms with Crippen molar-refractivity contribution in [3.05, 3.63) is 41.6 Å². The van der Waals surface area contributed by atoms with Crippen LogP contribution in [0.4, 0.5) is 4.39 Å². The van der Waals surface area contributed by atoms with Gasteiger partial charge in [0.2, 0.25) is 0 Å². The van der Waals surface area contributed by atoms with E-state index >= 15 is 0 Å². The number of imidazole rings is 1. The molecule has 0 saturated heterocycles. The summed E-state index contributed by atoms with van der Waals surface area (Å²) in [5.41, 5.74) is 0.770. The highest BCUT2D eigenvalue weighted by molar-refractivity contribution is 5.92. The summed E-state index contributed by atoms with van der Waals surface area (Å²) in [6.45, 7) is 2.05. The third kappa shape index (κ3) is 2.99. The molecule has 1 aromatic carbocycles. The Morgan fingerprint density at radius 3 is 2.89 bits per heavy atom. The number of carboxylic acids is 1. The molecule has 0 aliphatic carbocycles. The number of aromatic amines is 1. The van der Waals surface area contributed by atoms with Gasteiger partial charge < -0.3 is 10.1 Å². The summed E-state index contributed by atoms with van der Waals surface area (Å²) in [4.78, 5) is 18.3. The van der Waals surface area contributed by atoms with Crippen LogP contribution in [0.1, 0.15) is 36.1 Å². The summed E-state index contributed by atoms with van der Waals surface area (Å²) in [5, 5.41) is 9.17. The number of hydrogen-bond donors (Lipinski definition) is 2. The molecular formula is C14H15FN2O2. The van der Waals surface area contributed by atoms with E-state index in [1.807, 2.05) is 0 Å². The van der Waals surface area contributed by atoms with Crippen molar-refractivity contribution in [1.82, 2.24) is 9.97 Å². The predicted octanol–water partition coefficient (Wildman–Crippen LogP) is 3.26. The standard InChI is InChI=1S/C14H15FN2O2/c1-2-3-7-11-16-12(13(17-11)14(18)19)9-5-4-6-10(15)8-9/h4-6,8H,2-3,7H2,1H3,(H,16,17)(H,18,19). The second-order valence-electron chi connectivity index (χ2n) is 4.33. The van der Waals surface area contributed by atoms with E-state index in [0.29, 0.717) is 17.8 Å².